The van der Waals surface area contributed by atoms with Crippen LogP contribution in [0.2, 0.25) is 0 Å². The number of non-ortho nitro benzene ring substituents is 1. The predicted molar refractivity (Wildman–Crippen MR) is 86.5 cm³/mol. The van der Waals surface area contributed by atoms with Gasteiger partial charge in [0.1, 0.15) is 6.61 Å². The van der Waals surface area contributed by atoms with Crippen molar-refractivity contribution in [1.82, 2.24) is 0 Å². The van der Waals surface area contributed by atoms with Crippen LogP contribution in [-0.2, 0) is 11.3 Å². The van der Waals surface area contributed by atoms with Crippen molar-refractivity contribution in [2.45, 2.75) is 13.5 Å². The van der Waals surface area contributed by atoms with E-state index in [0.717, 1.165) is 11.1 Å². The number of esters is 1. The first-order valence-electron chi connectivity index (χ1n) is 7.09. The summed E-state index contributed by atoms with van der Waals surface area (Å²) in [7, 11) is 3.07. The third kappa shape index (κ3) is 3.81. The number of nitro benzene ring substituents is 1. The Hall–Kier alpha value is -3.09. The van der Waals surface area contributed by atoms with Crippen LogP contribution in [0.25, 0.3) is 0 Å². The van der Waals surface area contributed by atoms with Crippen LogP contribution in [0.15, 0.2) is 36.4 Å². The summed E-state index contributed by atoms with van der Waals surface area (Å²) in [4.78, 5) is 22.1. The highest BCUT2D eigenvalue weighted by molar-refractivity contribution is 5.89. The van der Waals surface area contributed by atoms with E-state index >= 15 is 0 Å². The molecule has 2 aromatic carbocycles. The first kappa shape index (κ1) is 17.3. The third-order valence-electron chi connectivity index (χ3n) is 3.51. The van der Waals surface area contributed by atoms with E-state index in [4.69, 9.17) is 14.2 Å². The maximum atomic E-state index is 12.0. The smallest absolute Gasteiger partial charge is 0.338 e. The van der Waals surface area contributed by atoms with Gasteiger partial charge in [-0.2, -0.15) is 0 Å². The number of benzene rings is 2. The van der Waals surface area contributed by atoms with Crippen molar-refractivity contribution in [2.24, 2.45) is 0 Å². The van der Waals surface area contributed by atoms with Crippen molar-refractivity contribution in [1.29, 1.82) is 0 Å². The molecular weight excluding hydrogens is 314 g/mol. The second-order valence-electron chi connectivity index (χ2n) is 5.01. The number of ether oxygens (including phenoxy) is 3. The Bertz CT molecular complexity index is 754. The normalized spacial score (nSPS) is 10.1. The van der Waals surface area contributed by atoms with Crippen molar-refractivity contribution < 1.29 is 23.9 Å². The van der Waals surface area contributed by atoms with Gasteiger partial charge in [-0.05, 0) is 42.3 Å². The van der Waals surface area contributed by atoms with Gasteiger partial charge in [-0.15, -0.1) is 0 Å². The van der Waals surface area contributed by atoms with Gasteiger partial charge in [0.25, 0.3) is 5.69 Å². The largest absolute Gasteiger partial charge is 0.493 e. The molecule has 0 saturated heterocycles. The van der Waals surface area contributed by atoms with Gasteiger partial charge in [0, 0.05) is 12.1 Å². The molecule has 126 valence electrons. The van der Waals surface area contributed by atoms with Crippen LogP contribution in [0.4, 0.5) is 5.69 Å². The molecule has 0 aliphatic carbocycles. The monoisotopic (exact) mass is 331 g/mol. The van der Waals surface area contributed by atoms with Crippen molar-refractivity contribution in [3.8, 4) is 11.5 Å². The molecule has 0 amide bonds. The van der Waals surface area contributed by atoms with E-state index in [1.54, 1.807) is 19.2 Å². The maximum Gasteiger partial charge on any atom is 0.338 e. The minimum atomic E-state index is -0.556. The average molecular weight is 331 g/mol. The SMILES string of the molecule is COc1cc(C)c(COC(=O)c2ccc([N+](=O)[O-])cc2)cc1OC. The Morgan fingerprint density at radius 3 is 2.21 bits per heavy atom. The van der Waals surface area contributed by atoms with Crippen molar-refractivity contribution in [3.05, 3.63) is 63.2 Å². The predicted octanol–water partition coefficient (Wildman–Crippen LogP) is 3.28. The van der Waals surface area contributed by atoms with Gasteiger partial charge in [0.05, 0.1) is 24.7 Å². The number of hydrogen-bond donors (Lipinski definition) is 0. The zero-order valence-electron chi connectivity index (χ0n) is 13.6. The van der Waals surface area contributed by atoms with Gasteiger partial charge >= 0.3 is 5.97 Å². The molecule has 0 aromatic heterocycles. The molecule has 0 aliphatic rings. The molecule has 0 atom stereocenters. The van der Waals surface area contributed by atoms with Crippen molar-refractivity contribution >= 4 is 11.7 Å². The fourth-order valence-corrected chi connectivity index (χ4v) is 2.12. The summed E-state index contributed by atoms with van der Waals surface area (Å²) in [6.45, 7) is 1.93. The van der Waals surface area contributed by atoms with Gasteiger partial charge in [-0.1, -0.05) is 0 Å². The Morgan fingerprint density at radius 1 is 1.08 bits per heavy atom. The lowest BCUT2D eigenvalue weighted by Gasteiger charge is -2.13. The van der Waals surface area contributed by atoms with Gasteiger partial charge in [-0.25, -0.2) is 4.79 Å². The second-order valence-corrected chi connectivity index (χ2v) is 5.01. The van der Waals surface area contributed by atoms with Gasteiger partial charge in [0.15, 0.2) is 11.5 Å². The summed E-state index contributed by atoms with van der Waals surface area (Å²) in [5, 5.41) is 10.6. The highest BCUT2D eigenvalue weighted by atomic mass is 16.6. The molecule has 0 N–H and O–H groups in total. The zero-order chi connectivity index (χ0) is 17.7. The van der Waals surface area contributed by atoms with Crippen LogP contribution >= 0.6 is 0 Å². The molecule has 0 saturated carbocycles. The lowest BCUT2D eigenvalue weighted by molar-refractivity contribution is -0.384. The zero-order valence-corrected chi connectivity index (χ0v) is 13.6. The number of methoxy groups -OCH3 is 2. The lowest BCUT2D eigenvalue weighted by Crippen LogP contribution is -2.06. The summed E-state index contributed by atoms with van der Waals surface area (Å²) in [5.41, 5.74) is 1.84. The number of nitro groups is 1. The van der Waals surface area contributed by atoms with Crippen LogP contribution in [0.1, 0.15) is 21.5 Å². The molecular formula is C17H17NO6. The fraction of sp³-hybridized carbons (Fsp3) is 0.235. The third-order valence-corrected chi connectivity index (χ3v) is 3.51. The topological polar surface area (TPSA) is 87.9 Å². The van der Waals surface area contributed by atoms with E-state index < -0.39 is 10.9 Å². The molecule has 0 bridgehead atoms. The quantitative estimate of drug-likeness (QED) is 0.458. The van der Waals surface area contributed by atoms with Crippen LogP contribution in [0.5, 0.6) is 11.5 Å². The molecule has 2 rings (SSSR count). The van der Waals surface area contributed by atoms with Crippen molar-refractivity contribution in [3.63, 3.8) is 0 Å². The molecule has 0 unspecified atom stereocenters. The lowest BCUT2D eigenvalue weighted by atomic mass is 10.1. The van der Waals surface area contributed by atoms with Gasteiger partial charge in [-0.3, -0.25) is 10.1 Å². The molecule has 0 fully saturated rings. The number of carbonyl (C=O) groups is 1. The summed E-state index contributed by atoms with van der Waals surface area (Å²) in [6, 6.07) is 8.80. The highest BCUT2D eigenvalue weighted by Gasteiger charge is 2.13. The van der Waals surface area contributed by atoms with Crippen LogP contribution in [-0.4, -0.2) is 25.1 Å². The fourth-order valence-electron chi connectivity index (χ4n) is 2.12. The van der Waals surface area contributed by atoms with Crippen molar-refractivity contribution in [2.75, 3.05) is 14.2 Å². The first-order valence-corrected chi connectivity index (χ1v) is 7.09. The van der Waals surface area contributed by atoms with E-state index in [9.17, 15) is 14.9 Å². The highest BCUT2D eigenvalue weighted by Crippen LogP contribution is 2.30. The number of aryl methyl sites for hydroxylation is 1. The minimum absolute atomic E-state index is 0.0575. The van der Waals surface area contributed by atoms with E-state index in [-0.39, 0.29) is 17.9 Å². The number of nitrogens with zero attached hydrogens (tertiary/aromatic N) is 1. The number of hydrogen-bond acceptors (Lipinski definition) is 6. The van der Waals surface area contributed by atoms with Crippen LogP contribution in [0, 0.1) is 17.0 Å². The summed E-state index contributed by atoms with van der Waals surface area (Å²) in [6.07, 6.45) is 0. The van der Waals surface area contributed by atoms with Crippen LogP contribution < -0.4 is 9.47 Å². The molecule has 0 spiro atoms. The van der Waals surface area contributed by atoms with E-state index in [0.29, 0.717) is 11.5 Å². The molecule has 0 heterocycles. The van der Waals surface area contributed by atoms with Crippen LogP contribution in [0.3, 0.4) is 0 Å². The number of rotatable bonds is 6. The Morgan fingerprint density at radius 2 is 1.67 bits per heavy atom. The minimum Gasteiger partial charge on any atom is -0.493 e. The Kier molecular flexibility index (Phi) is 5.36. The molecule has 0 radical (unpaired) electrons. The summed E-state index contributed by atoms with van der Waals surface area (Å²) < 4.78 is 15.7. The Labute approximate surface area is 138 Å². The second kappa shape index (κ2) is 7.45. The molecule has 24 heavy (non-hydrogen) atoms. The van der Waals surface area contributed by atoms with Gasteiger partial charge < -0.3 is 14.2 Å². The summed E-state index contributed by atoms with van der Waals surface area (Å²) >= 11 is 0. The average Bonchev–Trinajstić information content (AvgIpc) is 2.60. The molecule has 0 aliphatic heterocycles. The van der Waals surface area contributed by atoms with E-state index in [1.165, 1.54) is 31.4 Å². The number of carbonyl (C=O) groups excluding carboxylic acids is 1. The van der Waals surface area contributed by atoms with E-state index in [1.807, 2.05) is 6.92 Å². The standard InChI is InChI=1S/C17H17NO6/c1-11-8-15(22-2)16(23-3)9-13(11)10-24-17(19)12-4-6-14(7-5-12)18(20)21/h4-9H,10H2,1-3H3. The molecule has 7 heteroatoms. The maximum absolute atomic E-state index is 12.0. The first-order chi connectivity index (χ1) is 11.5. The summed E-state index contributed by atoms with van der Waals surface area (Å²) in [5.74, 6) is 0.587. The van der Waals surface area contributed by atoms with E-state index in [2.05, 4.69) is 0 Å². The Balaban J connectivity index is 2.10. The van der Waals surface area contributed by atoms with Gasteiger partial charge in [0.2, 0.25) is 0 Å². The molecule has 7 nitrogen and oxygen atoms in total. The molecule has 2 aromatic rings.